The van der Waals surface area contributed by atoms with Gasteiger partial charge in [0.1, 0.15) is 6.54 Å². The van der Waals surface area contributed by atoms with Crippen LogP contribution in [0.15, 0.2) is 16.6 Å². The van der Waals surface area contributed by atoms with Crippen LogP contribution in [-0.4, -0.2) is 48.7 Å². The third-order valence-electron chi connectivity index (χ3n) is 4.44. The third kappa shape index (κ3) is 2.11. The molecule has 0 radical (unpaired) electrons. The van der Waals surface area contributed by atoms with Crippen LogP contribution < -0.4 is 11.5 Å². The van der Waals surface area contributed by atoms with Gasteiger partial charge in [-0.25, -0.2) is 0 Å². The standard InChI is InChI=1S/C13H20BrN4/c14-11-8-12(15)10(7-13(11)16)9-18-4-1-17(2-5-18)3-6-18/h7-8H,1-6,9,15-16H2/q+1. The zero-order chi connectivity index (χ0) is 12.8. The van der Waals surface area contributed by atoms with Gasteiger partial charge < -0.3 is 16.0 Å². The Hall–Kier alpha value is -0.780. The van der Waals surface area contributed by atoms with Gasteiger partial charge in [-0.3, -0.25) is 4.90 Å². The minimum Gasteiger partial charge on any atom is -0.398 e. The predicted octanol–water partition coefficient (Wildman–Crippen LogP) is 1.26. The smallest absolute Gasteiger partial charge is 0.107 e. The minimum atomic E-state index is 0.785. The molecule has 0 aromatic heterocycles. The van der Waals surface area contributed by atoms with E-state index in [-0.39, 0.29) is 0 Å². The normalized spacial score (nSPS) is 30.6. The number of rotatable bonds is 2. The minimum absolute atomic E-state index is 0.785. The lowest BCUT2D eigenvalue weighted by molar-refractivity contribution is -0.953. The lowest BCUT2D eigenvalue weighted by Crippen LogP contribution is -2.66. The number of nitrogens with two attached hydrogens (primary N) is 2. The van der Waals surface area contributed by atoms with Crippen LogP contribution in [0.25, 0.3) is 0 Å². The van der Waals surface area contributed by atoms with Gasteiger partial charge >= 0.3 is 0 Å². The van der Waals surface area contributed by atoms with Crippen LogP contribution in [-0.2, 0) is 6.54 Å². The highest BCUT2D eigenvalue weighted by molar-refractivity contribution is 9.10. The average molecular weight is 312 g/mol. The van der Waals surface area contributed by atoms with E-state index in [9.17, 15) is 0 Å². The van der Waals surface area contributed by atoms with E-state index in [0.717, 1.165) is 22.4 Å². The fourth-order valence-electron chi connectivity index (χ4n) is 3.12. The van der Waals surface area contributed by atoms with Crippen molar-refractivity contribution in [1.82, 2.24) is 4.90 Å². The fourth-order valence-corrected chi connectivity index (χ4v) is 3.48. The van der Waals surface area contributed by atoms with E-state index in [1.165, 1.54) is 49.3 Å². The maximum absolute atomic E-state index is 6.13. The third-order valence-corrected chi connectivity index (χ3v) is 5.12. The highest BCUT2D eigenvalue weighted by Crippen LogP contribution is 2.30. The van der Waals surface area contributed by atoms with Crippen molar-refractivity contribution in [2.24, 2.45) is 0 Å². The first kappa shape index (κ1) is 12.3. The van der Waals surface area contributed by atoms with E-state index in [2.05, 4.69) is 20.8 Å². The molecule has 0 unspecified atom stereocenters. The van der Waals surface area contributed by atoms with Crippen LogP contribution in [0, 0.1) is 0 Å². The second-order valence-electron chi connectivity index (χ2n) is 5.58. The first-order valence-corrected chi connectivity index (χ1v) is 7.28. The quantitative estimate of drug-likeness (QED) is 0.638. The number of quaternary nitrogens is 1. The van der Waals surface area contributed by atoms with Gasteiger partial charge in [0.25, 0.3) is 0 Å². The summed E-state index contributed by atoms with van der Waals surface area (Å²) in [7, 11) is 0. The lowest BCUT2D eigenvalue weighted by Gasteiger charge is -2.50. The Kier molecular flexibility index (Phi) is 3.00. The summed E-state index contributed by atoms with van der Waals surface area (Å²) in [6, 6.07) is 3.97. The number of anilines is 2. The molecular weight excluding hydrogens is 292 g/mol. The summed E-state index contributed by atoms with van der Waals surface area (Å²) in [4.78, 5) is 2.55. The van der Waals surface area contributed by atoms with E-state index in [1.807, 2.05) is 12.1 Å². The van der Waals surface area contributed by atoms with E-state index in [4.69, 9.17) is 11.5 Å². The predicted molar refractivity (Wildman–Crippen MR) is 78.0 cm³/mol. The highest BCUT2D eigenvalue weighted by atomic mass is 79.9. The molecule has 0 amide bonds. The molecule has 4 rings (SSSR count). The van der Waals surface area contributed by atoms with Crippen molar-refractivity contribution >= 4 is 27.3 Å². The van der Waals surface area contributed by atoms with Gasteiger partial charge in [-0.05, 0) is 28.1 Å². The van der Waals surface area contributed by atoms with Crippen LogP contribution in [0.1, 0.15) is 5.56 Å². The number of hydrogen-bond donors (Lipinski definition) is 2. The Morgan fingerprint density at radius 1 is 1.06 bits per heavy atom. The molecular formula is C13H20BrN4+. The molecule has 3 aliphatic rings. The van der Waals surface area contributed by atoms with E-state index >= 15 is 0 Å². The number of hydrogen-bond acceptors (Lipinski definition) is 3. The molecule has 0 spiro atoms. The van der Waals surface area contributed by atoms with Gasteiger partial charge in [0, 0.05) is 41.0 Å². The molecule has 1 aromatic rings. The van der Waals surface area contributed by atoms with Crippen LogP contribution >= 0.6 is 15.9 Å². The van der Waals surface area contributed by atoms with Gasteiger partial charge in [-0.1, -0.05) is 0 Å². The molecule has 3 saturated heterocycles. The number of fused-ring (bicyclic) bond motifs is 3. The Labute approximate surface area is 116 Å². The largest absolute Gasteiger partial charge is 0.398 e. The summed E-state index contributed by atoms with van der Waals surface area (Å²) < 4.78 is 2.08. The SMILES string of the molecule is Nc1cc(C[N+]23CCN(CC2)CC3)c(N)cc1Br. The van der Waals surface area contributed by atoms with Crippen molar-refractivity contribution in [3.8, 4) is 0 Å². The lowest BCUT2D eigenvalue weighted by atomic mass is 10.1. The van der Waals surface area contributed by atoms with Gasteiger partial charge in [0.2, 0.25) is 0 Å². The summed E-state index contributed by atoms with van der Waals surface area (Å²) in [6.45, 7) is 8.45. The molecule has 98 valence electrons. The first-order chi connectivity index (χ1) is 8.58. The molecule has 2 bridgehead atoms. The van der Waals surface area contributed by atoms with Crippen molar-refractivity contribution < 1.29 is 4.48 Å². The zero-order valence-corrected chi connectivity index (χ0v) is 12.1. The molecule has 3 fully saturated rings. The Morgan fingerprint density at radius 2 is 1.67 bits per heavy atom. The summed E-state index contributed by atoms with van der Waals surface area (Å²) in [6.07, 6.45) is 0. The van der Waals surface area contributed by atoms with Crippen molar-refractivity contribution in [1.29, 1.82) is 0 Å². The monoisotopic (exact) mass is 311 g/mol. The molecule has 1 aromatic carbocycles. The van der Waals surface area contributed by atoms with Crippen molar-refractivity contribution in [3.63, 3.8) is 0 Å². The van der Waals surface area contributed by atoms with Crippen LogP contribution in [0.2, 0.25) is 0 Å². The Morgan fingerprint density at radius 3 is 2.28 bits per heavy atom. The summed E-state index contributed by atoms with van der Waals surface area (Å²) in [5, 5.41) is 0. The topological polar surface area (TPSA) is 55.3 Å². The number of benzene rings is 1. The van der Waals surface area contributed by atoms with Crippen LogP contribution in [0.5, 0.6) is 0 Å². The van der Waals surface area contributed by atoms with Crippen molar-refractivity contribution in [2.75, 3.05) is 50.7 Å². The molecule has 3 heterocycles. The van der Waals surface area contributed by atoms with E-state index in [1.54, 1.807) is 0 Å². The highest BCUT2D eigenvalue weighted by Gasteiger charge is 2.38. The molecule has 0 aliphatic carbocycles. The number of nitrogens with zero attached hydrogens (tertiary/aromatic N) is 2. The Bertz CT molecular complexity index is 453. The molecule has 3 aliphatic heterocycles. The summed E-state index contributed by atoms with van der Waals surface area (Å²) >= 11 is 3.43. The van der Waals surface area contributed by atoms with Gasteiger partial charge in [0.05, 0.1) is 19.6 Å². The molecule has 4 nitrogen and oxygen atoms in total. The fraction of sp³-hybridized carbons (Fsp3) is 0.538. The van der Waals surface area contributed by atoms with Crippen molar-refractivity contribution in [3.05, 3.63) is 22.2 Å². The van der Waals surface area contributed by atoms with Gasteiger partial charge in [0.15, 0.2) is 0 Å². The molecule has 18 heavy (non-hydrogen) atoms. The van der Waals surface area contributed by atoms with Crippen LogP contribution in [0.3, 0.4) is 0 Å². The zero-order valence-electron chi connectivity index (χ0n) is 10.5. The maximum Gasteiger partial charge on any atom is 0.107 e. The first-order valence-electron chi connectivity index (χ1n) is 6.49. The molecule has 0 atom stereocenters. The Balaban J connectivity index is 1.86. The average Bonchev–Trinajstić information content (AvgIpc) is 2.38. The molecule has 5 heteroatoms. The summed E-state index contributed by atoms with van der Waals surface area (Å²) in [5.74, 6) is 0. The van der Waals surface area contributed by atoms with Crippen LogP contribution in [0.4, 0.5) is 11.4 Å². The second-order valence-corrected chi connectivity index (χ2v) is 6.44. The summed E-state index contributed by atoms with van der Waals surface area (Å²) in [5.41, 5.74) is 14.9. The number of halogens is 1. The number of piperazine rings is 3. The second kappa shape index (κ2) is 4.40. The van der Waals surface area contributed by atoms with E-state index < -0.39 is 0 Å². The molecule has 0 saturated carbocycles. The molecule has 4 N–H and O–H groups in total. The van der Waals surface area contributed by atoms with Gasteiger partial charge in [-0.2, -0.15) is 0 Å². The van der Waals surface area contributed by atoms with Gasteiger partial charge in [-0.15, -0.1) is 0 Å². The number of nitrogen functional groups attached to an aromatic ring is 2. The van der Waals surface area contributed by atoms with E-state index in [0.29, 0.717) is 0 Å². The van der Waals surface area contributed by atoms with Crippen molar-refractivity contribution in [2.45, 2.75) is 6.54 Å². The maximum atomic E-state index is 6.13.